The minimum atomic E-state index is 0.145. The number of rotatable bonds is 4. The number of carbonyl (C=O) groups excluding carboxylic acids is 1. The third kappa shape index (κ3) is 3.79. The molecule has 144 valence electrons. The fraction of sp³-hybridized carbons (Fsp3) is 0.545. The maximum absolute atomic E-state index is 13.1. The zero-order valence-corrected chi connectivity index (χ0v) is 16.5. The Kier molecular flexibility index (Phi) is 5.30. The Morgan fingerprint density at radius 3 is 2.56 bits per heavy atom. The Labute approximate surface area is 162 Å². The number of hydrogen-bond acceptors (Lipinski definition) is 3. The first-order valence-corrected chi connectivity index (χ1v) is 10.3. The van der Waals surface area contributed by atoms with E-state index in [2.05, 4.69) is 41.2 Å². The third-order valence-electron chi connectivity index (χ3n) is 5.99. The number of fused-ring (bicyclic) bond motifs is 1. The molecule has 2 aromatic rings. The highest BCUT2D eigenvalue weighted by Crippen LogP contribution is 2.26. The molecule has 4 rings (SSSR count). The molecule has 0 radical (unpaired) electrons. The molecule has 1 saturated heterocycles. The smallest absolute Gasteiger partial charge is 0.257 e. The fourth-order valence-corrected chi connectivity index (χ4v) is 4.54. The van der Waals surface area contributed by atoms with Crippen LogP contribution in [0.15, 0.2) is 30.5 Å². The topological polar surface area (TPSA) is 41.4 Å². The molecule has 27 heavy (non-hydrogen) atoms. The molecular formula is C22H30N4O. The minimum absolute atomic E-state index is 0.145. The van der Waals surface area contributed by atoms with Crippen molar-refractivity contribution in [2.45, 2.75) is 52.1 Å². The molecule has 0 spiro atoms. The van der Waals surface area contributed by atoms with Crippen LogP contribution in [0.25, 0.3) is 0 Å². The van der Waals surface area contributed by atoms with Gasteiger partial charge in [0.2, 0.25) is 0 Å². The van der Waals surface area contributed by atoms with Crippen LogP contribution >= 0.6 is 0 Å². The van der Waals surface area contributed by atoms with Crippen molar-refractivity contribution < 1.29 is 4.79 Å². The van der Waals surface area contributed by atoms with Gasteiger partial charge in [0, 0.05) is 45.0 Å². The summed E-state index contributed by atoms with van der Waals surface area (Å²) in [6, 6.07) is 9.40. The normalized spacial score (nSPS) is 18.5. The summed E-state index contributed by atoms with van der Waals surface area (Å²) in [5.41, 5.74) is 4.61. The average Bonchev–Trinajstić information content (AvgIpc) is 3.16. The Morgan fingerprint density at radius 1 is 1.11 bits per heavy atom. The molecule has 0 saturated carbocycles. The number of aryl methyl sites for hydroxylation is 2. The van der Waals surface area contributed by atoms with E-state index in [9.17, 15) is 4.79 Å². The van der Waals surface area contributed by atoms with Gasteiger partial charge in [-0.05, 0) is 43.7 Å². The van der Waals surface area contributed by atoms with Crippen LogP contribution < -0.4 is 0 Å². The average molecular weight is 367 g/mol. The molecule has 5 nitrogen and oxygen atoms in total. The molecule has 0 unspecified atom stereocenters. The van der Waals surface area contributed by atoms with E-state index >= 15 is 0 Å². The van der Waals surface area contributed by atoms with Gasteiger partial charge in [0.25, 0.3) is 5.91 Å². The van der Waals surface area contributed by atoms with Crippen molar-refractivity contribution in [3.05, 3.63) is 52.8 Å². The van der Waals surface area contributed by atoms with Crippen LogP contribution in [0.4, 0.5) is 0 Å². The lowest BCUT2D eigenvalue weighted by Gasteiger charge is -2.27. The highest BCUT2D eigenvalue weighted by atomic mass is 16.2. The summed E-state index contributed by atoms with van der Waals surface area (Å²) in [4.78, 5) is 17.7. The van der Waals surface area contributed by atoms with Crippen LogP contribution in [0.3, 0.4) is 0 Å². The summed E-state index contributed by atoms with van der Waals surface area (Å²) in [5.74, 6) is 0.145. The summed E-state index contributed by atoms with van der Waals surface area (Å²) in [6.07, 6.45) is 6.29. The van der Waals surface area contributed by atoms with Gasteiger partial charge in [0.05, 0.1) is 11.3 Å². The highest BCUT2D eigenvalue weighted by Gasteiger charge is 2.29. The fourth-order valence-electron chi connectivity index (χ4n) is 4.54. The number of nitrogens with zero attached hydrogens (tertiary/aromatic N) is 4. The standard InChI is InChI=1S/C22H30N4O/c1-3-9-26-16-21(17(2)23-26)22(27)25-11-6-10-24(12-13-25)20-14-18-7-4-5-8-19(18)15-20/h4-5,7-8,16,20H,3,6,9-15H2,1-2H3. The van der Waals surface area contributed by atoms with E-state index in [0.29, 0.717) is 6.04 Å². The van der Waals surface area contributed by atoms with Gasteiger partial charge < -0.3 is 4.90 Å². The van der Waals surface area contributed by atoms with Crippen molar-refractivity contribution in [3.63, 3.8) is 0 Å². The van der Waals surface area contributed by atoms with E-state index in [1.54, 1.807) is 0 Å². The second kappa shape index (κ2) is 7.85. The van der Waals surface area contributed by atoms with Crippen molar-refractivity contribution >= 4 is 5.91 Å². The maximum atomic E-state index is 13.1. The van der Waals surface area contributed by atoms with Crippen molar-refractivity contribution in [2.75, 3.05) is 26.2 Å². The monoisotopic (exact) mass is 366 g/mol. The van der Waals surface area contributed by atoms with E-state index in [4.69, 9.17) is 0 Å². The van der Waals surface area contributed by atoms with Gasteiger partial charge in [0.1, 0.15) is 0 Å². The minimum Gasteiger partial charge on any atom is -0.337 e. The quantitative estimate of drug-likeness (QED) is 0.835. The van der Waals surface area contributed by atoms with E-state index in [1.807, 2.05) is 22.7 Å². The van der Waals surface area contributed by atoms with Crippen molar-refractivity contribution in [1.82, 2.24) is 19.6 Å². The van der Waals surface area contributed by atoms with Gasteiger partial charge >= 0.3 is 0 Å². The van der Waals surface area contributed by atoms with Gasteiger partial charge in [-0.15, -0.1) is 0 Å². The molecule has 1 aliphatic heterocycles. The van der Waals surface area contributed by atoms with Crippen molar-refractivity contribution in [1.29, 1.82) is 0 Å². The number of carbonyl (C=O) groups is 1. The number of amides is 1. The van der Waals surface area contributed by atoms with E-state index in [0.717, 1.165) is 69.7 Å². The molecule has 0 atom stereocenters. The second-order valence-corrected chi connectivity index (χ2v) is 7.90. The van der Waals surface area contributed by atoms with Crippen LogP contribution in [0.5, 0.6) is 0 Å². The molecule has 2 aliphatic rings. The lowest BCUT2D eigenvalue weighted by Crippen LogP contribution is -2.40. The largest absolute Gasteiger partial charge is 0.337 e. The van der Waals surface area contributed by atoms with Gasteiger partial charge in [-0.3, -0.25) is 14.4 Å². The lowest BCUT2D eigenvalue weighted by molar-refractivity contribution is 0.0757. The van der Waals surface area contributed by atoms with Crippen molar-refractivity contribution in [2.24, 2.45) is 0 Å². The molecule has 1 amide bonds. The Hall–Kier alpha value is -2.14. The highest BCUT2D eigenvalue weighted by molar-refractivity contribution is 5.95. The lowest BCUT2D eigenvalue weighted by atomic mass is 10.1. The third-order valence-corrected chi connectivity index (χ3v) is 5.99. The summed E-state index contributed by atoms with van der Waals surface area (Å²) < 4.78 is 1.91. The first-order valence-electron chi connectivity index (χ1n) is 10.3. The molecule has 5 heteroatoms. The zero-order valence-electron chi connectivity index (χ0n) is 16.5. The van der Waals surface area contributed by atoms with Crippen LogP contribution in [0, 0.1) is 6.92 Å². The number of benzene rings is 1. The number of aromatic nitrogens is 2. The number of hydrogen-bond donors (Lipinski definition) is 0. The maximum Gasteiger partial charge on any atom is 0.257 e. The van der Waals surface area contributed by atoms with Gasteiger partial charge in [0.15, 0.2) is 0 Å². The Morgan fingerprint density at radius 2 is 1.85 bits per heavy atom. The zero-order chi connectivity index (χ0) is 18.8. The van der Waals surface area contributed by atoms with Crippen LogP contribution in [-0.4, -0.2) is 57.7 Å². The van der Waals surface area contributed by atoms with E-state index in [1.165, 1.54) is 11.1 Å². The second-order valence-electron chi connectivity index (χ2n) is 7.90. The SMILES string of the molecule is CCCn1cc(C(=O)N2CCCN(C3Cc4ccccc4C3)CC2)c(C)n1. The Balaban J connectivity index is 1.39. The van der Waals surface area contributed by atoms with Crippen LogP contribution in [0.2, 0.25) is 0 Å². The first-order chi connectivity index (χ1) is 13.2. The predicted molar refractivity (Wildman–Crippen MR) is 107 cm³/mol. The van der Waals surface area contributed by atoms with E-state index < -0.39 is 0 Å². The summed E-state index contributed by atoms with van der Waals surface area (Å²) in [7, 11) is 0. The van der Waals surface area contributed by atoms with Gasteiger partial charge in [-0.25, -0.2) is 0 Å². The summed E-state index contributed by atoms with van der Waals surface area (Å²) in [5, 5.41) is 4.50. The van der Waals surface area contributed by atoms with Gasteiger partial charge in [-0.2, -0.15) is 5.10 Å². The molecule has 1 aliphatic carbocycles. The molecule has 1 fully saturated rings. The molecular weight excluding hydrogens is 336 g/mol. The molecule has 0 bridgehead atoms. The van der Waals surface area contributed by atoms with E-state index in [-0.39, 0.29) is 5.91 Å². The summed E-state index contributed by atoms with van der Waals surface area (Å²) >= 11 is 0. The van der Waals surface area contributed by atoms with Crippen molar-refractivity contribution in [3.8, 4) is 0 Å². The predicted octanol–water partition coefficient (Wildman–Crippen LogP) is 2.92. The molecule has 2 heterocycles. The first kappa shape index (κ1) is 18.2. The summed E-state index contributed by atoms with van der Waals surface area (Å²) in [6.45, 7) is 8.63. The molecule has 1 aromatic carbocycles. The molecule has 0 N–H and O–H groups in total. The molecule has 1 aromatic heterocycles. The Bertz CT molecular complexity index is 787. The van der Waals surface area contributed by atoms with Crippen LogP contribution in [-0.2, 0) is 19.4 Å². The van der Waals surface area contributed by atoms with Gasteiger partial charge in [-0.1, -0.05) is 31.2 Å². The van der Waals surface area contributed by atoms with Crippen LogP contribution in [0.1, 0.15) is 46.9 Å².